The Labute approximate surface area is 441 Å². The average molecular weight is 1000 g/mol. The van der Waals surface area contributed by atoms with E-state index >= 15 is 0 Å². The zero-order valence-corrected chi connectivity index (χ0v) is 48.9. The second-order valence-corrected chi connectivity index (χ2v) is 24.3. The number of rotatable bonds is 58. The Morgan fingerprint density at radius 2 is 0.443 bits per heavy atom. The first-order valence-corrected chi connectivity index (χ1v) is 34.0. The first-order valence-electron chi connectivity index (χ1n) is 32.6. The average Bonchev–Trinajstić information content (AvgIpc) is 3.35. The van der Waals surface area contributed by atoms with Gasteiger partial charge >= 0.3 is 0 Å². The van der Waals surface area contributed by atoms with Crippen LogP contribution in [0, 0.1) is 0 Å². The number of benzene rings is 1. The third kappa shape index (κ3) is 43.5. The Bertz CT molecular complexity index is 1300. The van der Waals surface area contributed by atoms with E-state index < -0.39 is 10.1 Å². The molecule has 1 aromatic rings. The first kappa shape index (κ1) is 67.1. The van der Waals surface area contributed by atoms with Gasteiger partial charge in [-0.15, -0.1) is 0 Å². The molecule has 1 N–H and O–H groups in total. The summed E-state index contributed by atoms with van der Waals surface area (Å²) in [5.74, 6) is 0. The fourth-order valence-electron chi connectivity index (χ4n) is 11.4. The van der Waals surface area contributed by atoms with E-state index in [9.17, 15) is 13.0 Å². The molecule has 0 saturated carbocycles. The lowest BCUT2D eigenvalue weighted by Crippen LogP contribution is -2.10. The van der Waals surface area contributed by atoms with Crippen LogP contribution in [0.3, 0.4) is 0 Å². The highest BCUT2D eigenvalue weighted by Gasteiger charge is 2.21. The van der Waals surface area contributed by atoms with Crippen molar-refractivity contribution in [2.45, 2.75) is 392 Å². The maximum absolute atomic E-state index is 12.8. The fourth-order valence-corrected chi connectivity index (χ4v) is 12.2. The van der Waals surface area contributed by atoms with Crippen LogP contribution in [-0.2, 0) is 29.4 Å². The highest BCUT2D eigenvalue weighted by Crippen LogP contribution is 2.30. The lowest BCUT2D eigenvalue weighted by molar-refractivity contribution is 0.481. The van der Waals surface area contributed by atoms with E-state index in [0.29, 0.717) is 0 Å². The van der Waals surface area contributed by atoms with E-state index in [1.54, 1.807) is 6.07 Å². The van der Waals surface area contributed by atoms with E-state index in [4.69, 9.17) is 0 Å². The zero-order valence-electron chi connectivity index (χ0n) is 48.1. The molecule has 0 saturated heterocycles. The fraction of sp³-hybridized carbons (Fsp3) is 0.909. The molecule has 1 rings (SSSR count). The molecule has 70 heavy (non-hydrogen) atoms. The second kappa shape index (κ2) is 53.0. The Balaban J connectivity index is 2.50. The van der Waals surface area contributed by atoms with Gasteiger partial charge in [-0.25, -0.2) is 0 Å². The molecule has 0 spiro atoms. The normalized spacial score (nSPS) is 11.9. The molecule has 0 unspecified atom stereocenters. The van der Waals surface area contributed by atoms with Crippen LogP contribution < -0.4 is 0 Å². The molecule has 0 bridgehead atoms. The van der Waals surface area contributed by atoms with Crippen molar-refractivity contribution in [1.82, 2.24) is 0 Å². The third-order valence-electron chi connectivity index (χ3n) is 16.1. The van der Waals surface area contributed by atoms with Crippen molar-refractivity contribution in [3.8, 4) is 0 Å². The Morgan fingerprint density at radius 3 is 0.657 bits per heavy atom. The van der Waals surface area contributed by atoms with Crippen LogP contribution in [0.2, 0.25) is 0 Å². The molecule has 414 valence electrons. The summed E-state index contributed by atoms with van der Waals surface area (Å²) in [6, 6.07) is 3.82. The van der Waals surface area contributed by atoms with Crippen LogP contribution >= 0.6 is 0 Å². The van der Waals surface area contributed by atoms with E-state index in [-0.39, 0.29) is 4.90 Å². The van der Waals surface area contributed by atoms with Crippen molar-refractivity contribution >= 4 is 10.1 Å². The molecule has 3 nitrogen and oxygen atoms in total. The Hall–Kier alpha value is -0.870. The van der Waals surface area contributed by atoms with E-state index in [1.807, 2.05) is 0 Å². The van der Waals surface area contributed by atoms with Gasteiger partial charge in [0.05, 0.1) is 4.90 Å². The predicted octanol–water partition coefficient (Wildman–Crippen LogP) is 23.7. The zero-order chi connectivity index (χ0) is 50.5. The van der Waals surface area contributed by atoms with Gasteiger partial charge in [-0.05, 0) is 61.3 Å². The number of hydrogen-bond acceptors (Lipinski definition) is 2. The van der Waals surface area contributed by atoms with Gasteiger partial charge in [0, 0.05) is 0 Å². The van der Waals surface area contributed by atoms with Crippen molar-refractivity contribution in [2.75, 3.05) is 0 Å². The minimum Gasteiger partial charge on any atom is -0.282 e. The summed E-state index contributed by atoms with van der Waals surface area (Å²) in [4.78, 5) is 0.193. The molecule has 4 heteroatoms. The van der Waals surface area contributed by atoms with Crippen molar-refractivity contribution in [2.24, 2.45) is 0 Å². The summed E-state index contributed by atoms with van der Waals surface area (Å²) < 4.78 is 36.2. The predicted molar refractivity (Wildman–Crippen MR) is 314 cm³/mol. The molecular formula is C66H126O3S. The van der Waals surface area contributed by atoms with Gasteiger partial charge in [-0.2, -0.15) is 8.42 Å². The van der Waals surface area contributed by atoms with Crippen molar-refractivity contribution in [1.29, 1.82) is 0 Å². The lowest BCUT2D eigenvalue weighted by atomic mass is 9.90. The molecule has 1 aromatic carbocycles. The summed E-state index contributed by atoms with van der Waals surface area (Å²) >= 11 is 0. The van der Waals surface area contributed by atoms with Gasteiger partial charge < -0.3 is 0 Å². The van der Waals surface area contributed by atoms with Crippen molar-refractivity contribution in [3.63, 3.8) is 0 Å². The molecule has 0 radical (unpaired) electrons. The molecule has 0 heterocycles. The summed E-state index contributed by atoms with van der Waals surface area (Å²) in [5, 5.41) is 0. The maximum atomic E-state index is 12.8. The number of hydrogen-bond donors (Lipinski definition) is 1. The molecule has 0 aliphatic carbocycles. The smallest absolute Gasteiger partial charge is 0.282 e. The van der Waals surface area contributed by atoms with Gasteiger partial charge in [0.1, 0.15) is 0 Å². The summed E-state index contributed by atoms with van der Waals surface area (Å²) in [6.45, 7) is 6.90. The van der Waals surface area contributed by atoms with Crippen LogP contribution in [0.15, 0.2) is 17.0 Å². The minimum absolute atomic E-state index is 0.193. The standard InChI is InChI=1S/C66H126O3S/c1-4-7-10-13-16-19-22-25-28-31-34-37-40-43-46-49-52-55-58-63-61-62-66(70(67,68)69)65(60-57-54-51-48-45-42-39-36-33-30-27-24-21-18-15-12-9-6-3)64(63)59-56-53-50-47-44-41-38-35-32-29-26-23-20-17-14-11-8-5-2/h61-62H,4-60H2,1-3H3,(H,67,68,69). The van der Waals surface area contributed by atoms with E-state index in [1.165, 1.54) is 339 Å². The second-order valence-electron chi connectivity index (χ2n) is 22.9. The van der Waals surface area contributed by atoms with Gasteiger partial charge in [0.25, 0.3) is 10.1 Å². The van der Waals surface area contributed by atoms with Gasteiger partial charge in [-0.3, -0.25) is 4.55 Å². The van der Waals surface area contributed by atoms with E-state index in [2.05, 4.69) is 26.8 Å². The number of aryl methyl sites for hydroxylation is 1. The highest BCUT2D eigenvalue weighted by molar-refractivity contribution is 7.85. The molecule has 0 aliphatic rings. The SMILES string of the molecule is CCCCCCCCCCCCCCCCCCCCc1ccc(S(=O)(=O)O)c(CCCCCCCCCCCCCCCCCCCC)c1CCCCCCCCCCCCCCCCCCCC. The quantitative estimate of drug-likeness (QED) is 0.0523. The van der Waals surface area contributed by atoms with Crippen LogP contribution in [0.5, 0.6) is 0 Å². The van der Waals surface area contributed by atoms with Crippen molar-refractivity contribution < 1.29 is 13.0 Å². The van der Waals surface area contributed by atoms with Crippen LogP contribution in [0.25, 0.3) is 0 Å². The Kier molecular flexibility index (Phi) is 50.8. The molecule has 0 fully saturated rings. The molecule has 0 amide bonds. The van der Waals surface area contributed by atoms with Crippen LogP contribution in [0.1, 0.15) is 384 Å². The van der Waals surface area contributed by atoms with Gasteiger partial charge in [0.15, 0.2) is 0 Å². The highest BCUT2D eigenvalue weighted by atomic mass is 32.2. The minimum atomic E-state index is -4.26. The summed E-state index contributed by atoms with van der Waals surface area (Å²) in [5.41, 5.74) is 3.57. The topological polar surface area (TPSA) is 54.4 Å². The maximum Gasteiger partial charge on any atom is 0.294 e. The summed E-state index contributed by atoms with van der Waals surface area (Å²) in [6.07, 6.45) is 76.7. The largest absolute Gasteiger partial charge is 0.294 e. The molecule has 0 atom stereocenters. The summed E-state index contributed by atoms with van der Waals surface area (Å²) in [7, 11) is -4.26. The monoisotopic (exact) mass is 999 g/mol. The number of unbranched alkanes of at least 4 members (excludes halogenated alkanes) is 51. The Morgan fingerprint density at radius 1 is 0.257 bits per heavy atom. The third-order valence-corrected chi connectivity index (χ3v) is 17.1. The van der Waals surface area contributed by atoms with Crippen molar-refractivity contribution in [3.05, 3.63) is 28.8 Å². The molecule has 0 aliphatic heterocycles. The molecule has 0 aromatic heterocycles. The van der Waals surface area contributed by atoms with Gasteiger partial charge in [0.2, 0.25) is 0 Å². The van der Waals surface area contributed by atoms with Crippen LogP contribution in [-0.4, -0.2) is 13.0 Å². The molecular weight excluding hydrogens is 873 g/mol. The van der Waals surface area contributed by atoms with Gasteiger partial charge in [-0.1, -0.05) is 354 Å². The lowest BCUT2D eigenvalue weighted by Gasteiger charge is -2.18. The first-order chi connectivity index (χ1) is 34.5. The van der Waals surface area contributed by atoms with Crippen LogP contribution in [0.4, 0.5) is 0 Å². The van der Waals surface area contributed by atoms with E-state index in [0.717, 1.165) is 44.1 Å².